The molecule has 0 N–H and O–H groups in total. The summed E-state index contributed by atoms with van der Waals surface area (Å²) in [4.78, 5) is 12.5. The number of fused-ring (bicyclic) bond motifs is 1. The fourth-order valence-corrected chi connectivity index (χ4v) is 7.54. The first kappa shape index (κ1) is 20.1. The minimum absolute atomic E-state index is 0.0904. The summed E-state index contributed by atoms with van der Waals surface area (Å²) in [7, 11) is 1.31. The molecule has 3 rings (SSSR count). The number of ether oxygens (including phenoxy) is 1. The van der Waals surface area contributed by atoms with Crippen molar-refractivity contribution in [3.05, 3.63) is 11.9 Å². The van der Waals surface area contributed by atoms with Crippen molar-refractivity contribution in [3.8, 4) is 0 Å². The Morgan fingerprint density at radius 2 is 1.62 bits per heavy atom. The maximum absolute atomic E-state index is 13.7. The summed E-state index contributed by atoms with van der Waals surface area (Å²) >= 11 is 0. The van der Waals surface area contributed by atoms with E-state index >= 15 is 0 Å². The Hall–Kier alpha value is -0.640. The first-order valence-electron chi connectivity index (χ1n) is 9.88. The van der Waals surface area contributed by atoms with Gasteiger partial charge in [0.1, 0.15) is 5.60 Å². The molecule has 0 aromatic carbocycles. The summed E-state index contributed by atoms with van der Waals surface area (Å²) in [5.74, 6) is 1.71. The second-order valence-corrected chi connectivity index (χ2v) is 12.6. The molecule has 0 unspecified atom stereocenters. The van der Waals surface area contributed by atoms with Gasteiger partial charge < -0.3 is 4.74 Å². The summed E-state index contributed by atoms with van der Waals surface area (Å²) < 4.78 is 23.5. The fraction of sp³-hybridized carbons (Fsp3) is 0.850. The Morgan fingerprint density at radius 3 is 2.08 bits per heavy atom. The number of hydrogen-bond donors (Lipinski definition) is 0. The maximum Gasteiger partial charge on any atom is 0.310 e. The number of likely N-dealkylation sites (N-methyl/N-ethyl adjacent to an activating group) is 2. The standard InChI is InChI=1S/C20H35N2O3P/c1-19(2,3)25-18(23)17-14(20(17,4)5)12-13-26(24)21(6)15-10-8-9-11-16(15)22(26)7/h12-17H,8-11H2,1-7H3/b13-12+/t14-,15+,16+,17+/m0/s1. The molecule has 148 valence electrons. The van der Waals surface area contributed by atoms with Crippen molar-refractivity contribution >= 4 is 13.4 Å². The molecule has 0 aromatic heterocycles. The van der Waals surface area contributed by atoms with E-state index in [9.17, 15) is 9.36 Å². The predicted molar refractivity (Wildman–Crippen MR) is 105 cm³/mol. The highest BCUT2D eigenvalue weighted by Gasteiger charge is 2.62. The summed E-state index contributed by atoms with van der Waals surface area (Å²) in [6.07, 6.45) is 6.72. The van der Waals surface area contributed by atoms with Crippen molar-refractivity contribution in [1.82, 2.24) is 9.34 Å². The van der Waals surface area contributed by atoms with Crippen molar-refractivity contribution < 1.29 is 14.1 Å². The minimum atomic E-state index is -2.69. The van der Waals surface area contributed by atoms with Crippen LogP contribution in [0.4, 0.5) is 0 Å². The van der Waals surface area contributed by atoms with Gasteiger partial charge in [-0.25, -0.2) is 9.34 Å². The molecular formula is C20H35N2O3P. The Balaban J connectivity index is 1.75. The topological polar surface area (TPSA) is 49.9 Å². The van der Waals surface area contributed by atoms with Crippen LogP contribution >= 0.6 is 7.44 Å². The van der Waals surface area contributed by atoms with Crippen LogP contribution in [0.2, 0.25) is 0 Å². The van der Waals surface area contributed by atoms with Gasteiger partial charge in [-0.2, -0.15) is 0 Å². The molecule has 0 amide bonds. The largest absolute Gasteiger partial charge is 0.460 e. The lowest BCUT2D eigenvalue weighted by Gasteiger charge is -2.28. The monoisotopic (exact) mass is 382 g/mol. The van der Waals surface area contributed by atoms with E-state index in [4.69, 9.17) is 4.74 Å². The first-order valence-corrected chi connectivity index (χ1v) is 11.6. The molecule has 0 aromatic rings. The summed E-state index contributed by atoms with van der Waals surface area (Å²) in [6.45, 7) is 9.87. The molecular weight excluding hydrogens is 347 g/mol. The van der Waals surface area contributed by atoms with E-state index in [1.807, 2.05) is 46.8 Å². The number of hydrogen-bond acceptors (Lipinski definition) is 3. The highest BCUT2D eigenvalue weighted by Crippen LogP contribution is 2.65. The third-order valence-corrected chi connectivity index (χ3v) is 9.58. The van der Waals surface area contributed by atoms with Crippen LogP contribution in [0.5, 0.6) is 0 Å². The molecule has 2 saturated carbocycles. The number of rotatable bonds is 3. The van der Waals surface area contributed by atoms with Crippen LogP contribution < -0.4 is 0 Å². The van der Waals surface area contributed by atoms with Crippen LogP contribution in [0.1, 0.15) is 60.3 Å². The van der Waals surface area contributed by atoms with Crippen molar-refractivity contribution in [2.24, 2.45) is 17.3 Å². The van der Waals surface area contributed by atoms with Crippen LogP contribution in [-0.2, 0) is 14.1 Å². The molecule has 26 heavy (non-hydrogen) atoms. The third kappa shape index (κ3) is 3.31. The maximum atomic E-state index is 13.7. The Kier molecular flexibility index (Phi) is 5.00. The molecule has 3 fully saturated rings. The Labute approximate surface area is 158 Å². The molecule has 0 radical (unpaired) electrons. The van der Waals surface area contributed by atoms with E-state index in [2.05, 4.69) is 23.2 Å². The smallest absolute Gasteiger partial charge is 0.310 e. The molecule has 4 atom stereocenters. The lowest BCUT2D eigenvalue weighted by atomic mass is 9.91. The SMILES string of the molecule is CN1[C@@H]2CCCC[C@H]2N(C)P1(=O)/C=C/[C@H]1[C@H](C(=O)OC(C)(C)C)C1(C)C. The highest BCUT2D eigenvalue weighted by atomic mass is 31.2. The minimum Gasteiger partial charge on any atom is -0.460 e. The molecule has 1 aliphatic heterocycles. The molecule has 5 nitrogen and oxygen atoms in total. The number of carbonyl (C=O) groups excluding carboxylic acids is 1. The molecule has 2 aliphatic carbocycles. The van der Waals surface area contributed by atoms with Crippen LogP contribution in [0.25, 0.3) is 0 Å². The summed E-state index contributed by atoms with van der Waals surface area (Å²) in [5, 5.41) is 0. The lowest BCUT2D eigenvalue weighted by molar-refractivity contribution is -0.157. The average molecular weight is 382 g/mol. The van der Waals surface area contributed by atoms with Crippen molar-refractivity contribution in [3.63, 3.8) is 0 Å². The zero-order chi connectivity index (χ0) is 19.5. The number of nitrogens with zero attached hydrogens (tertiary/aromatic N) is 2. The molecule has 6 heteroatoms. The summed E-state index contributed by atoms with van der Waals surface area (Å²) in [6, 6.07) is 0.774. The van der Waals surface area contributed by atoms with E-state index in [0.717, 1.165) is 12.8 Å². The van der Waals surface area contributed by atoms with Gasteiger partial charge in [0.2, 0.25) is 7.44 Å². The van der Waals surface area contributed by atoms with Crippen molar-refractivity contribution in [2.75, 3.05) is 14.1 Å². The fourth-order valence-electron chi connectivity index (χ4n) is 4.88. The predicted octanol–water partition coefficient (Wildman–Crippen LogP) is 4.50. The third-order valence-electron chi connectivity index (χ3n) is 6.62. The molecule has 1 heterocycles. The van der Waals surface area contributed by atoms with Gasteiger partial charge in [0, 0.05) is 17.9 Å². The van der Waals surface area contributed by atoms with Gasteiger partial charge in [-0.15, -0.1) is 0 Å². The van der Waals surface area contributed by atoms with Gasteiger partial charge >= 0.3 is 5.97 Å². The number of carbonyl (C=O) groups is 1. The van der Waals surface area contributed by atoms with Gasteiger partial charge in [-0.05, 0) is 59.0 Å². The van der Waals surface area contributed by atoms with Crippen LogP contribution in [0, 0.1) is 17.3 Å². The van der Waals surface area contributed by atoms with Gasteiger partial charge in [0.15, 0.2) is 0 Å². The quantitative estimate of drug-likeness (QED) is 0.531. The van der Waals surface area contributed by atoms with Gasteiger partial charge in [-0.1, -0.05) is 32.8 Å². The second-order valence-electron chi connectivity index (χ2n) is 9.86. The van der Waals surface area contributed by atoms with Crippen LogP contribution in [0.3, 0.4) is 0 Å². The Bertz CT molecular complexity index is 630. The zero-order valence-electron chi connectivity index (χ0n) is 17.4. The zero-order valence-corrected chi connectivity index (χ0v) is 18.3. The van der Waals surface area contributed by atoms with Gasteiger partial charge in [0.05, 0.1) is 5.92 Å². The number of esters is 1. The van der Waals surface area contributed by atoms with Crippen molar-refractivity contribution in [2.45, 2.75) is 78.0 Å². The normalized spacial score (nSPS) is 36.9. The number of allylic oxidation sites excluding steroid dienone is 1. The lowest BCUT2D eigenvalue weighted by Crippen LogP contribution is -2.37. The molecule has 0 bridgehead atoms. The summed E-state index contributed by atoms with van der Waals surface area (Å²) in [5.41, 5.74) is -0.611. The molecule has 3 aliphatic rings. The van der Waals surface area contributed by atoms with E-state index in [-0.39, 0.29) is 23.2 Å². The van der Waals surface area contributed by atoms with Crippen LogP contribution in [0.15, 0.2) is 11.9 Å². The van der Waals surface area contributed by atoms with Gasteiger partial charge in [0.25, 0.3) is 0 Å². The highest BCUT2D eigenvalue weighted by molar-refractivity contribution is 7.62. The second kappa shape index (κ2) is 6.46. The van der Waals surface area contributed by atoms with E-state index < -0.39 is 13.0 Å². The van der Waals surface area contributed by atoms with Gasteiger partial charge in [-0.3, -0.25) is 9.36 Å². The Morgan fingerprint density at radius 1 is 1.12 bits per heavy atom. The average Bonchev–Trinajstić information content (AvgIpc) is 3.04. The van der Waals surface area contributed by atoms with E-state index in [0.29, 0.717) is 12.1 Å². The van der Waals surface area contributed by atoms with Crippen LogP contribution in [-0.4, -0.2) is 47.1 Å². The van der Waals surface area contributed by atoms with E-state index in [1.165, 1.54) is 12.8 Å². The molecule has 0 spiro atoms. The molecule has 1 saturated heterocycles. The van der Waals surface area contributed by atoms with E-state index in [1.54, 1.807) is 0 Å². The first-order chi connectivity index (χ1) is 11.9. The van der Waals surface area contributed by atoms with Crippen molar-refractivity contribution in [1.29, 1.82) is 0 Å².